The minimum atomic E-state index is 0.269. The lowest BCUT2D eigenvalue weighted by Gasteiger charge is -2.46. The Kier molecular flexibility index (Phi) is 4.32. The zero-order valence-corrected chi connectivity index (χ0v) is 12.5. The second-order valence-electron chi connectivity index (χ2n) is 6.64. The molecule has 106 valence electrons. The third-order valence-corrected chi connectivity index (χ3v) is 5.20. The molecule has 0 bridgehead atoms. The Morgan fingerprint density at radius 3 is 2.28 bits per heavy atom. The van der Waals surface area contributed by atoms with E-state index in [1.807, 2.05) is 0 Å². The average molecular weight is 254 g/mol. The van der Waals surface area contributed by atoms with Crippen molar-refractivity contribution in [2.75, 3.05) is 53.9 Å². The lowest BCUT2D eigenvalue weighted by Crippen LogP contribution is -2.58. The fraction of sp³-hybridized carbons (Fsp3) is 1.00. The van der Waals surface area contributed by atoms with Crippen molar-refractivity contribution < 1.29 is 0 Å². The molecule has 2 aliphatic rings. The smallest absolute Gasteiger partial charge is 0.0356 e. The van der Waals surface area contributed by atoms with Crippen molar-refractivity contribution in [1.29, 1.82) is 0 Å². The van der Waals surface area contributed by atoms with Crippen LogP contribution in [0.25, 0.3) is 0 Å². The van der Waals surface area contributed by atoms with Crippen molar-refractivity contribution >= 4 is 0 Å². The molecule has 0 aromatic rings. The zero-order chi connectivity index (χ0) is 13.3. The monoisotopic (exact) mass is 254 g/mol. The highest BCUT2D eigenvalue weighted by Crippen LogP contribution is 2.33. The van der Waals surface area contributed by atoms with Gasteiger partial charge in [-0.05, 0) is 53.0 Å². The molecule has 18 heavy (non-hydrogen) atoms. The van der Waals surface area contributed by atoms with Crippen molar-refractivity contribution in [1.82, 2.24) is 14.7 Å². The fourth-order valence-electron chi connectivity index (χ4n) is 3.69. The number of rotatable bonds is 3. The Morgan fingerprint density at radius 2 is 1.83 bits per heavy atom. The molecule has 0 aliphatic carbocycles. The molecule has 2 aliphatic heterocycles. The van der Waals surface area contributed by atoms with Crippen LogP contribution in [0.3, 0.4) is 0 Å². The van der Waals surface area contributed by atoms with Gasteiger partial charge in [0.05, 0.1) is 0 Å². The van der Waals surface area contributed by atoms with E-state index in [9.17, 15) is 0 Å². The Labute approximate surface area is 112 Å². The molecular weight excluding hydrogens is 224 g/mol. The van der Waals surface area contributed by atoms with Gasteiger partial charge in [-0.1, -0.05) is 6.92 Å². The van der Waals surface area contributed by atoms with Crippen molar-refractivity contribution in [3.8, 4) is 0 Å². The fourth-order valence-corrected chi connectivity index (χ4v) is 3.69. The minimum absolute atomic E-state index is 0.269. The number of nitrogens with two attached hydrogens (primary N) is 1. The minimum Gasteiger partial charge on any atom is -0.329 e. The third-order valence-electron chi connectivity index (χ3n) is 5.20. The Bertz CT molecular complexity index is 271. The number of likely N-dealkylation sites (tertiary alicyclic amines) is 2. The highest BCUT2D eigenvalue weighted by Gasteiger charge is 2.44. The van der Waals surface area contributed by atoms with Crippen molar-refractivity contribution in [3.63, 3.8) is 0 Å². The van der Waals surface area contributed by atoms with Crippen molar-refractivity contribution in [2.24, 2.45) is 11.7 Å². The number of hydrogen-bond donors (Lipinski definition) is 1. The topological polar surface area (TPSA) is 35.7 Å². The van der Waals surface area contributed by atoms with Crippen LogP contribution in [0.15, 0.2) is 0 Å². The molecule has 0 saturated carbocycles. The SMILES string of the molecule is CC1CN(C2(CN)CCN(C)CC2)CC1N(C)C. The first kappa shape index (κ1) is 14.3. The summed E-state index contributed by atoms with van der Waals surface area (Å²) in [5.41, 5.74) is 6.43. The van der Waals surface area contributed by atoms with Gasteiger partial charge in [-0.15, -0.1) is 0 Å². The highest BCUT2D eigenvalue weighted by molar-refractivity contribution is 5.01. The molecule has 2 atom stereocenters. The largest absolute Gasteiger partial charge is 0.329 e. The van der Waals surface area contributed by atoms with Crippen molar-refractivity contribution in [2.45, 2.75) is 31.3 Å². The number of nitrogens with zero attached hydrogens (tertiary/aromatic N) is 3. The van der Waals surface area contributed by atoms with Crippen LogP contribution in [0.5, 0.6) is 0 Å². The average Bonchev–Trinajstić information content (AvgIpc) is 2.73. The number of piperidine rings is 1. The molecule has 0 amide bonds. The van der Waals surface area contributed by atoms with Crippen LogP contribution in [0.4, 0.5) is 0 Å². The summed E-state index contributed by atoms with van der Waals surface area (Å²) in [5.74, 6) is 0.753. The van der Waals surface area contributed by atoms with E-state index in [0.717, 1.165) is 12.5 Å². The quantitative estimate of drug-likeness (QED) is 0.785. The first-order valence-corrected chi connectivity index (χ1v) is 7.28. The van der Waals surface area contributed by atoms with E-state index in [1.165, 1.54) is 39.0 Å². The molecule has 2 unspecified atom stereocenters. The lowest BCUT2D eigenvalue weighted by atomic mass is 9.86. The molecule has 2 rings (SSSR count). The normalized spacial score (nSPS) is 34.3. The van der Waals surface area contributed by atoms with Crippen LogP contribution >= 0.6 is 0 Å². The predicted octanol–water partition coefficient (Wildman–Crippen LogP) is 0.291. The van der Waals surface area contributed by atoms with E-state index in [1.54, 1.807) is 0 Å². The van der Waals surface area contributed by atoms with Crippen LogP contribution in [-0.4, -0.2) is 80.1 Å². The molecule has 2 N–H and O–H groups in total. The zero-order valence-electron chi connectivity index (χ0n) is 12.5. The van der Waals surface area contributed by atoms with E-state index in [2.05, 4.69) is 42.8 Å². The molecule has 2 saturated heterocycles. The van der Waals surface area contributed by atoms with E-state index >= 15 is 0 Å². The lowest BCUT2D eigenvalue weighted by molar-refractivity contribution is 0.0467. The van der Waals surface area contributed by atoms with E-state index < -0.39 is 0 Å². The summed E-state index contributed by atoms with van der Waals surface area (Å²) in [6.07, 6.45) is 2.46. The van der Waals surface area contributed by atoms with Gasteiger partial charge in [0, 0.05) is 31.2 Å². The summed E-state index contributed by atoms with van der Waals surface area (Å²) in [6.45, 7) is 7.97. The van der Waals surface area contributed by atoms with Gasteiger partial charge >= 0.3 is 0 Å². The molecule has 4 nitrogen and oxygen atoms in total. The van der Waals surface area contributed by atoms with Gasteiger partial charge in [-0.3, -0.25) is 4.90 Å². The van der Waals surface area contributed by atoms with Gasteiger partial charge in [-0.2, -0.15) is 0 Å². The predicted molar refractivity (Wildman–Crippen MR) is 76.7 cm³/mol. The summed E-state index contributed by atoms with van der Waals surface area (Å²) >= 11 is 0. The second-order valence-corrected chi connectivity index (χ2v) is 6.64. The van der Waals surface area contributed by atoms with Crippen LogP contribution < -0.4 is 5.73 Å². The van der Waals surface area contributed by atoms with E-state index in [-0.39, 0.29) is 5.54 Å². The highest BCUT2D eigenvalue weighted by atomic mass is 15.3. The molecule has 0 aromatic carbocycles. The maximum Gasteiger partial charge on any atom is 0.0356 e. The first-order valence-electron chi connectivity index (χ1n) is 7.28. The molecule has 2 heterocycles. The molecule has 0 spiro atoms. The van der Waals surface area contributed by atoms with Crippen LogP contribution in [0, 0.1) is 5.92 Å². The maximum absolute atomic E-state index is 6.16. The van der Waals surface area contributed by atoms with Crippen LogP contribution in [0.1, 0.15) is 19.8 Å². The summed E-state index contributed by atoms with van der Waals surface area (Å²) in [6, 6.07) is 0.688. The van der Waals surface area contributed by atoms with Gasteiger partial charge in [0.2, 0.25) is 0 Å². The summed E-state index contributed by atoms with van der Waals surface area (Å²) in [7, 11) is 6.62. The summed E-state index contributed by atoms with van der Waals surface area (Å²) in [5, 5.41) is 0. The first-order chi connectivity index (χ1) is 8.48. The van der Waals surface area contributed by atoms with E-state index in [0.29, 0.717) is 6.04 Å². The molecule has 0 radical (unpaired) electrons. The van der Waals surface area contributed by atoms with Gasteiger partial charge in [0.1, 0.15) is 0 Å². The Balaban J connectivity index is 2.06. The van der Waals surface area contributed by atoms with Gasteiger partial charge in [-0.25, -0.2) is 0 Å². The van der Waals surface area contributed by atoms with E-state index in [4.69, 9.17) is 5.73 Å². The van der Waals surface area contributed by atoms with Gasteiger partial charge in [0.15, 0.2) is 0 Å². The molecular formula is C14H30N4. The molecule has 0 aromatic heterocycles. The number of hydrogen-bond acceptors (Lipinski definition) is 4. The molecule has 2 fully saturated rings. The summed E-state index contributed by atoms with van der Waals surface area (Å²) < 4.78 is 0. The van der Waals surface area contributed by atoms with Crippen molar-refractivity contribution in [3.05, 3.63) is 0 Å². The second kappa shape index (κ2) is 5.45. The van der Waals surface area contributed by atoms with Crippen LogP contribution in [-0.2, 0) is 0 Å². The Morgan fingerprint density at radius 1 is 1.22 bits per heavy atom. The standard InChI is InChI=1S/C14H30N4/c1-12-9-18(10-13(12)16(2)3)14(11-15)5-7-17(4)8-6-14/h12-13H,5-11,15H2,1-4H3. The van der Waals surface area contributed by atoms with Gasteiger partial charge in [0.25, 0.3) is 0 Å². The third kappa shape index (κ3) is 2.57. The Hall–Kier alpha value is -0.160. The van der Waals surface area contributed by atoms with Gasteiger partial charge < -0.3 is 15.5 Å². The van der Waals surface area contributed by atoms with Crippen LogP contribution in [0.2, 0.25) is 0 Å². The molecule has 4 heteroatoms. The number of likely N-dealkylation sites (N-methyl/N-ethyl adjacent to an activating group) is 1. The summed E-state index contributed by atoms with van der Waals surface area (Å²) in [4.78, 5) is 7.50. The maximum atomic E-state index is 6.16.